The molecule has 2 amide bonds. The highest BCUT2D eigenvalue weighted by molar-refractivity contribution is 7.99. The maximum Gasteiger partial charge on any atom is 0.237 e. The minimum atomic E-state index is -0.142. The first kappa shape index (κ1) is 13.9. The molecule has 4 N–H and O–H groups in total. The molecule has 1 saturated heterocycles. The monoisotopic (exact) mass is 283 g/mol. The number of nitrogens with two attached hydrogens (primary N) is 1. The van der Waals surface area contributed by atoms with Gasteiger partial charge in [0, 0.05) is 31.4 Å². The van der Waals surface area contributed by atoms with Crippen molar-refractivity contribution < 1.29 is 9.59 Å². The van der Waals surface area contributed by atoms with E-state index in [1.807, 2.05) is 0 Å². The van der Waals surface area contributed by atoms with Crippen LogP contribution >= 0.6 is 11.8 Å². The van der Waals surface area contributed by atoms with E-state index < -0.39 is 0 Å². The molecule has 2 rings (SSSR count). The Morgan fingerprint density at radius 2 is 2.26 bits per heavy atom. The summed E-state index contributed by atoms with van der Waals surface area (Å²) in [6.45, 7) is 1.21. The minimum Gasteiger partial charge on any atom is -0.342 e. The van der Waals surface area contributed by atoms with Crippen LogP contribution in [0.2, 0.25) is 0 Å². The van der Waals surface area contributed by atoms with E-state index in [1.165, 1.54) is 11.8 Å². The van der Waals surface area contributed by atoms with Crippen molar-refractivity contribution in [3.8, 4) is 0 Å². The summed E-state index contributed by atoms with van der Waals surface area (Å²) in [5.41, 5.74) is 2.16. The number of rotatable bonds is 4. The fourth-order valence-corrected chi connectivity index (χ4v) is 2.79. The van der Waals surface area contributed by atoms with Crippen LogP contribution in [0.25, 0.3) is 0 Å². The Morgan fingerprint density at radius 1 is 1.53 bits per heavy atom. The third kappa shape index (κ3) is 3.71. The number of piperidine rings is 1. The highest BCUT2D eigenvalue weighted by Crippen LogP contribution is 2.19. The van der Waals surface area contributed by atoms with E-state index in [1.54, 1.807) is 17.3 Å². The predicted octanol–water partition coefficient (Wildman–Crippen LogP) is -0.270. The number of hydrogen-bond donors (Lipinski definition) is 3. The molecule has 0 aliphatic carbocycles. The van der Waals surface area contributed by atoms with Crippen molar-refractivity contribution in [1.29, 1.82) is 0 Å². The van der Waals surface area contributed by atoms with Crippen molar-refractivity contribution in [3.63, 3.8) is 0 Å². The van der Waals surface area contributed by atoms with Crippen LogP contribution in [0.3, 0.4) is 0 Å². The number of likely N-dealkylation sites (tertiary alicyclic amines) is 1. The molecule has 19 heavy (non-hydrogen) atoms. The lowest BCUT2D eigenvalue weighted by molar-refractivity contribution is -0.133. The molecule has 0 atom stereocenters. The maximum atomic E-state index is 12.0. The van der Waals surface area contributed by atoms with Crippen molar-refractivity contribution in [3.05, 3.63) is 12.4 Å². The van der Waals surface area contributed by atoms with Gasteiger partial charge in [-0.15, -0.1) is 0 Å². The van der Waals surface area contributed by atoms with Crippen LogP contribution in [0.5, 0.6) is 0 Å². The molecule has 1 aromatic rings. The number of carbonyl (C=O) groups is 2. The van der Waals surface area contributed by atoms with Crippen molar-refractivity contribution in [2.75, 3.05) is 18.8 Å². The molecule has 0 spiro atoms. The SMILES string of the molecule is NNC(=O)C1CCN(C(=O)CSc2ncc[nH]2)CC1. The second kappa shape index (κ2) is 6.58. The van der Waals surface area contributed by atoms with Crippen molar-refractivity contribution in [1.82, 2.24) is 20.3 Å². The molecular formula is C11H17N5O2S. The Balaban J connectivity index is 1.74. The van der Waals surface area contributed by atoms with Gasteiger partial charge in [0.1, 0.15) is 0 Å². The summed E-state index contributed by atoms with van der Waals surface area (Å²) in [6, 6.07) is 0. The lowest BCUT2D eigenvalue weighted by atomic mass is 9.96. The number of hydrazine groups is 1. The topological polar surface area (TPSA) is 104 Å². The van der Waals surface area contributed by atoms with Gasteiger partial charge in [-0.1, -0.05) is 11.8 Å². The number of aromatic nitrogens is 2. The maximum absolute atomic E-state index is 12.0. The van der Waals surface area contributed by atoms with Crippen LogP contribution in [-0.2, 0) is 9.59 Å². The predicted molar refractivity (Wildman–Crippen MR) is 70.9 cm³/mol. The molecule has 1 fully saturated rings. The van der Waals surface area contributed by atoms with Gasteiger partial charge >= 0.3 is 0 Å². The van der Waals surface area contributed by atoms with Crippen LogP contribution in [0.15, 0.2) is 17.6 Å². The minimum absolute atomic E-state index is 0.0769. The van der Waals surface area contributed by atoms with E-state index in [9.17, 15) is 9.59 Å². The summed E-state index contributed by atoms with van der Waals surface area (Å²) in [7, 11) is 0. The van der Waals surface area contributed by atoms with Crippen LogP contribution in [0.1, 0.15) is 12.8 Å². The second-order valence-corrected chi connectivity index (χ2v) is 5.31. The first-order valence-electron chi connectivity index (χ1n) is 6.11. The summed E-state index contributed by atoms with van der Waals surface area (Å²) in [4.78, 5) is 32.1. The van der Waals surface area contributed by atoms with Gasteiger partial charge in [-0.2, -0.15) is 0 Å². The molecule has 0 bridgehead atoms. The molecule has 0 radical (unpaired) electrons. The molecule has 2 heterocycles. The van der Waals surface area contributed by atoms with E-state index in [2.05, 4.69) is 15.4 Å². The molecule has 0 aromatic carbocycles. The number of thioether (sulfide) groups is 1. The molecule has 1 aliphatic heterocycles. The van der Waals surface area contributed by atoms with Gasteiger partial charge in [0.05, 0.1) is 5.75 Å². The van der Waals surface area contributed by atoms with Crippen LogP contribution < -0.4 is 11.3 Å². The van der Waals surface area contributed by atoms with Crippen molar-refractivity contribution >= 4 is 23.6 Å². The number of imidazole rings is 1. The Labute approximate surface area is 115 Å². The summed E-state index contributed by atoms with van der Waals surface area (Å²) in [5, 5.41) is 0.741. The molecule has 0 saturated carbocycles. The zero-order valence-corrected chi connectivity index (χ0v) is 11.3. The molecule has 0 unspecified atom stereocenters. The second-order valence-electron chi connectivity index (χ2n) is 4.35. The summed E-state index contributed by atoms with van der Waals surface area (Å²) in [6.07, 6.45) is 4.72. The van der Waals surface area contributed by atoms with Gasteiger partial charge in [-0.05, 0) is 12.8 Å². The van der Waals surface area contributed by atoms with Crippen molar-refractivity contribution in [2.24, 2.45) is 11.8 Å². The number of nitrogens with one attached hydrogen (secondary N) is 2. The smallest absolute Gasteiger partial charge is 0.237 e. The number of hydrogen-bond acceptors (Lipinski definition) is 5. The lowest BCUT2D eigenvalue weighted by Crippen LogP contribution is -2.45. The van der Waals surface area contributed by atoms with E-state index >= 15 is 0 Å². The summed E-state index contributed by atoms with van der Waals surface area (Å²) >= 11 is 1.38. The normalized spacial score (nSPS) is 16.4. The highest BCUT2D eigenvalue weighted by Gasteiger charge is 2.26. The van der Waals surface area contributed by atoms with Gasteiger partial charge in [0.2, 0.25) is 11.8 Å². The molecule has 7 nitrogen and oxygen atoms in total. The molecule has 104 valence electrons. The van der Waals surface area contributed by atoms with Gasteiger partial charge in [0.25, 0.3) is 0 Å². The quantitative estimate of drug-likeness (QED) is 0.305. The first-order chi connectivity index (χ1) is 9.20. The molecule has 1 aliphatic rings. The van der Waals surface area contributed by atoms with Crippen molar-refractivity contribution in [2.45, 2.75) is 18.0 Å². The Kier molecular flexibility index (Phi) is 4.80. The molecular weight excluding hydrogens is 266 g/mol. The van der Waals surface area contributed by atoms with Crippen LogP contribution in [-0.4, -0.2) is 45.5 Å². The Hall–Kier alpha value is -1.54. The van der Waals surface area contributed by atoms with Crippen LogP contribution in [0, 0.1) is 5.92 Å². The van der Waals surface area contributed by atoms with Crippen LogP contribution in [0.4, 0.5) is 0 Å². The van der Waals surface area contributed by atoms with E-state index in [-0.39, 0.29) is 17.7 Å². The fourth-order valence-electron chi connectivity index (χ4n) is 2.06. The largest absolute Gasteiger partial charge is 0.342 e. The van der Waals surface area contributed by atoms with Gasteiger partial charge in [-0.3, -0.25) is 15.0 Å². The number of aromatic amines is 1. The van der Waals surface area contributed by atoms with E-state index in [0.717, 1.165) is 5.16 Å². The number of H-pyrrole nitrogens is 1. The Bertz CT molecular complexity index is 428. The number of carbonyl (C=O) groups excluding carboxylic acids is 2. The van der Waals surface area contributed by atoms with Gasteiger partial charge in [0.15, 0.2) is 5.16 Å². The average Bonchev–Trinajstić information content (AvgIpc) is 2.97. The zero-order valence-electron chi connectivity index (χ0n) is 10.5. The van der Waals surface area contributed by atoms with E-state index in [4.69, 9.17) is 5.84 Å². The van der Waals surface area contributed by atoms with Gasteiger partial charge in [-0.25, -0.2) is 10.8 Å². The van der Waals surface area contributed by atoms with Gasteiger partial charge < -0.3 is 9.88 Å². The number of nitrogens with zero attached hydrogens (tertiary/aromatic N) is 2. The lowest BCUT2D eigenvalue weighted by Gasteiger charge is -2.30. The molecule has 8 heteroatoms. The molecule has 1 aromatic heterocycles. The standard InChI is InChI=1S/C11H17N5O2S/c12-15-10(18)8-1-5-16(6-2-8)9(17)7-19-11-13-3-4-14-11/h3-4,8H,1-2,5-7,12H2,(H,13,14)(H,15,18). The highest BCUT2D eigenvalue weighted by atomic mass is 32.2. The van der Waals surface area contributed by atoms with E-state index in [0.29, 0.717) is 31.7 Å². The summed E-state index contributed by atoms with van der Waals surface area (Å²) in [5.74, 6) is 5.33. The first-order valence-corrected chi connectivity index (χ1v) is 7.09. The fraction of sp³-hybridized carbons (Fsp3) is 0.545. The summed E-state index contributed by atoms with van der Waals surface area (Å²) < 4.78 is 0. The third-order valence-electron chi connectivity index (χ3n) is 3.17. The average molecular weight is 283 g/mol. The third-order valence-corrected chi connectivity index (χ3v) is 4.05. The number of amides is 2. The Morgan fingerprint density at radius 3 is 2.84 bits per heavy atom. The zero-order chi connectivity index (χ0) is 13.7.